The van der Waals surface area contributed by atoms with Crippen LogP contribution in [0.15, 0.2) is 5.16 Å². The normalized spacial score (nSPS) is 17.9. The fourth-order valence-electron chi connectivity index (χ4n) is 2.01. The van der Waals surface area contributed by atoms with E-state index >= 15 is 0 Å². The second-order valence-corrected chi connectivity index (χ2v) is 3.78. The molecule has 0 amide bonds. The second-order valence-electron chi connectivity index (χ2n) is 3.78. The fraction of sp³-hybridized carbons (Fsp3) is 0.917. The van der Waals surface area contributed by atoms with E-state index in [-0.39, 0.29) is 5.60 Å². The van der Waals surface area contributed by atoms with Crippen molar-refractivity contribution in [2.75, 3.05) is 0 Å². The van der Waals surface area contributed by atoms with Crippen molar-refractivity contribution in [1.82, 2.24) is 0 Å². The van der Waals surface area contributed by atoms with Gasteiger partial charge in [0.15, 0.2) is 0 Å². The summed E-state index contributed by atoms with van der Waals surface area (Å²) >= 11 is 0. The molecule has 0 spiro atoms. The van der Waals surface area contributed by atoms with Gasteiger partial charge in [0.05, 0.1) is 5.71 Å². The molecule has 0 aromatic heterocycles. The first-order chi connectivity index (χ1) is 6.72. The van der Waals surface area contributed by atoms with Crippen LogP contribution in [0.2, 0.25) is 0 Å². The molecule has 0 unspecified atom stereocenters. The van der Waals surface area contributed by atoms with Gasteiger partial charge in [-0.25, -0.2) is 0 Å². The van der Waals surface area contributed by atoms with E-state index in [1.165, 1.54) is 12.8 Å². The summed E-state index contributed by atoms with van der Waals surface area (Å²) in [4.78, 5) is 5.52. The summed E-state index contributed by atoms with van der Waals surface area (Å²) in [6, 6.07) is 0. The van der Waals surface area contributed by atoms with Crippen molar-refractivity contribution >= 4 is 5.71 Å². The van der Waals surface area contributed by atoms with Crippen LogP contribution < -0.4 is 0 Å². The maximum atomic E-state index is 5.52. The van der Waals surface area contributed by atoms with E-state index in [4.69, 9.17) is 4.84 Å². The maximum Gasteiger partial charge on any atom is 0.143 e. The van der Waals surface area contributed by atoms with Crippen molar-refractivity contribution in [3.05, 3.63) is 0 Å². The Labute approximate surface area is 88.7 Å². The minimum Gasteiger partial charge on any atom is -0.389 e. The minimum atomic E-state index is 0.0631. The summed E-state index contributed by atoms with van der Waals surface area (Å²) in [5.74, 6) is 0. The Hall–Kier alpha value is -0.530. The molecular weight excluding hydrogens is 174 g/mol. The predicted octanol–water partition coefficient (Wildman–Crippen LogP) is 4.15. The van der Waals surface area contributed by atoms with Gasteiger partial charge in [-0.1, -0.05) is 45.7 Å². The van der Waals surface area contributed by atoms with E-state index in [1.807, 2.05) is 20.8 Å². The number of oxime groups is 1. The number of hydrogen-bond donors (Lipinski definition) is 0. The van der Waals surface area contributed by atoms with Gasteiger partial charge < -0.3 is 4.84 Å². The van der Waals surface area contributed by atoms with Crippen LogP contribution in [-0.2, 0) is 4.84 Å². The van der Waals surface area contributed by atoms with Crippen LogP contribution in [0.5, 0.6) is 0 Å². The molecule has 1 heterocycles. The van der Waals surface area contributed by atoms with Crippen LogP contribution in [0.1, 0.15) is 66.7 Å². The Balaban J connectivity index is 0.000000791. The lowest BCUT2D eigenvalue weighted by Gasteiger charge is -2.25. The smallest absolute Gasteiger partial charge is 0.143 e. The predicted molar refractivity (Wildman–Crippen MR) is 62.7 cm³/mol. The van der Waals surface area contributed by atoms with Crippen LogP contribution in [0, 0.1) is 0 Å². The molecule has 0 aromatic rings. The summed E-state index contributed by atoms with van der Waals surface area (Å²) in [5.41, 5.74) is 1.21. The Morgan fingerprint density at radius 1 is 1.21 bits per heavy atom. The lowest BCUT2D eigenvalue weighted by Crippen LogP contribution is -2.28. The summed E-state index contributed by atoms with van der Waals surface area (Å²) in [6.45, 7) is 10.5. The van der Waals surface area contributed by atoms with Crippen molar-refractivity contribution in [2.45, 2.75) is 72.3 Å². The summed E-state index contributed by atoms with van der Waals surface area (Å²) in [6.07, 6.45) is 5.68. The van der Waals surface area contributed by atoms with E-state index < -0.39 is 0 Å². The molecule has 0 radical (unpaired) electrons. The van der Waals surface area contributed by atoms with Crippen LogP contribution >= 0.6 is 0 Å². The lowest BCUT2D eigenvalue weighted by atomic mass is 9.88. The molecule has 2 heteroatoms. The van der Waals surface area contributed by atoms with E-state index in [2.05, 4.69) is 19.0 Å². The summed E-state index contributed by atoms with van der Waals surface area (Å²) < 4.78 is 0. The monoisotopic (exact) mass is 199 g/mol. The van der Waals surface area contributed by atoms with Gasteiger partial charge >= 0.3 is 0 Å². The highest BCUT2D eigenvalue weighted by Gasteiger charge is 2.35. The molecule has 0 aliphatic carbocycles. The molecule has 0 N–H and O–H groups in total. The molecule has 1 rings (SSSR count). The van der Waals surface area contributed by atoms with Gasteiger partial charge in [0, 0.05) is 6.42 Å². The Bertz CT molecular complexity index is 169. The summed E-state index contributed by atoms with van der Waals surface area (Å²) in [7, 11) is 0. The molecule has 0 atom stereocenters. The third-order valence-electron chi connectivity index (χ3n) is 2.38. The highest BCUT2D eigenvalue weighted by molar-refractivity contribution is 5.83. The molecule has 1 aliphatic heterocycles. The first kappa shape index (κ1) is 13.5. The van der Waals surface area contributed by atoms with Crippen molar-refractivity contribution in [3.63, 3.8) is 0 Å². The number of rotatable bonds is 4. The first-order valence-electron chi connectivity index (χ1n) is 5.94. The van der Waals surface area contributed by atoms with Gasteiger partial charge in [-0.3, -0.25) is 0 Å². The van der Waals surface area contributed by atoms with Crippen molar-refractivity contribution < 1.29 is 4.84 Å². The Morgan fingerprint density at radius 2 is 1.71 bits per heavy atom. The molecule has 0 bridgehead atoms. The van der Waals surface area contributed by atoms with Gasteiger partial charge in [0.2, 0.25) is 0 Å². The molecule has 0 fully saturated rings. The van der Waals surface area contributed by atoms with Gasteiger partial charge in [0.25, 0.3) is 0 Å². The van der Waals surface area contributed by atoms with Crippen molar-refractivity contribution in [2.24, 2.45) is 5.16 Å². The van der Waals surface area contributed by atoms with Crippen LogP contribution in [0.4, 0.5) is 0 Å². The largest absolute Gasteiger partial charge is 0.389 e. The molecule has 2 nitrogen and oxygen atoms in total. The molecule has 0 aromatic carbocycles. The number of hydrogen-bond acceptors (Lipinski definition) is 2. The Kier molecular flexibility index (Phi) is 6.60. The average Bonchev–Trinajstić information content (AvgIpc) is 2.52. The zero-order chi connectivity index (χ0) is 11.0. The zero-order valence-corrected chi connectivity index (χ0v) is 10.4. The van der Waals surface area contributed by atoms with E-state index in [0.717, 1.165) is 25.0 Å². The van der Waals surface area contributed by atoms with Crippen LogP contribution in [0.3, 0.4) is 0 Å². The van der Waals surface area contributed by atoms with E-state index in [0.29, 0.717) is 0 Å². The minimum absolute atomic E-state index is 0.0631. The Morgan fingerprint density at radius 3 is 2.00 bits per heavy atom. The van der Waals surface area contributed by atoms with Gasteiger partial charge in [-0.15, -0.1) is 0 Å². The lowest BCUT2D eigenvalue weighted by molar-refractivity contribution is -0.0324. The van der Waals surface area contributed by atoms with Gasteiger partial charge in [-0.2, -0.15) is 0 Å². The molecule has 14 heavy (non-hydrogen) atoms. The zero-order valence-electron chi connectivity index (χ0n) is 10.4. The van der Waals surface area contributed by atoms with Crippen molar-refractivity contribution in [3.8, 4) is 0 Å². The van der Waals surface area contributed by atoms with Crippen molar-refractivity contribution in [1.29, 1.82) is 0 Å². The standard InChI is InChI=1S/C10H19NO.C2H6/c1-4-6-10(7-5-2)8-9(3)11-12-10;1-2/h4-8H2,1-3H3;1-2H3. The SMILES string of the molecule is CC.CCCC1(CCC)CC(C)=NO1. The first-order valence-corrected chi connectivity index (χ1v) is 5.94. The molecule has 84 valence electrons. The molecule has 1 aliphatic rings. The van der Waals surface area contributed by atoms with Crippen LogP contribution in [0.25, 0.3) is 0 Å². The number of nitrogens with zero attached hydrogens (tertiary/aromatic N) is 1. The van der Waals surface area contributed by atoms with E-state index in [9.17, 15) is 0 Å². The highest BCUT2D eigenvalue weighted by Crippen LogP contribution is 2.33. The fourth-order valence-corrected chi connectivity index (χ4v) is 2.01. The highest BCUT2D eigenvalue weighted by atomic mass is 16.7. The second kappa shape index (κ2) is 6.86. The quantitative estimate of drug-likeness (QED) is 0.666. The molecular formula is C12H25NO. The van der Waals surface area contributed by atoms with Gasteiger partial charge in [0.1, 0.15) is 5.60 Å². The summed E-state index contributed by atoms with van der Waals surface area (Å²) in [5, 5.41) is 4.04. The molecule has 0 saturated carbocycles. The van der Waals surface area contributed by atoms with E-state index in [1.54, 1.807) is 0 Å². The van der Waals surface area contributed by atoms with Crippen LogP contribution in [-0.4, -0.2) is 11.3 Å². The third kappa shape index (κ3) is 3.69. The average molecular weight is 199 g/mol. The molecule has 0 saturated heterocycles. The van der Waals surface area contributed by atoms with Gasteiger partial charge in [-0.05, 0) is 19.8 Å². The topological polar surface area (TPSA) is 21.6 Å². The third-order valence-corrected chi connectivity index (χ3v) is 2.38. The maximum absolute atomic E-state index is 5.52.